The van der Waals surface area contributed by atoms with Crippen LogP contribution in [-0.2, 0) is 13.0 Å². The number of fused-ring (bicyclic) bond motifs is 1. The molecule has 2 heterocycles. The smallest absolute Gasteiger partial charge is 0.260 e. The number of nitrogens with zero attached hydrogens (tertiary/aromatic N) is 1. The minimum absolute atomic E-state index is 0.182. The van der Waals surface area contributed by atoms with Crippen LogP contribution in [0.1, 0.15) is 18.3 Å². The number of aromatic amines is 1. The number of aromatic nitrogens is 2. The Labute approximate surface area is 159 Å². The second-order valence-corrected chi connectivity index (χ2v) is 7.11. The average Bonchev–Trinajstić information content (AvgIpc) is 3.12. The van der Waals surface area contributed by atoms with Crippen LogP contribution in [0.25, 0.3) is 21.3 Å². The lowest BCUT2D eigenvalue weighted by Gasteiger charge is -2.07. The third-order valence-electron chi connectivity index (χ3n) is 4.47. The van der Waals surface area contributed by atoms with Gasteiger partial charge >= 0.3 is 0 Å². The molecular formula is C21H18FN3OS. The van der Waals surface area contributed by atoms with Crippen molar-refractivity contribution in [2.24, 2.45) is 0 Å². The number of nitrogens with one attached hydrogen (secondary N) is 2. The van der Waals surface area contributed by atoms with Crippen molar-refractivity contribution in [2.45, 2.75) is 19.9 Å². The molecule has 2 aromatic carbocycles. The van der Waals surface area contributed by atoms with E-state index in [1.165, 1.54) is 29.0 Å². The molecule has 0 bridgehead atoms. The second kappa shape index (κ2) is 7.32. The number of anilines is 1. The molecule has 4 rings (SSSR count). The van der Waals surface area contributed by atoms with Gasteiger partial charge in [0.1, 0.15) is 16.5 Å². The van der Waals surface area contributed by atoms with Crippen molar-refractivity contribution in [1.29, 1.82) is 0 Å². The summed E-state index contributed by atoms with van der Waals surface area (Å²) in [4.78, 5) is 20.7. The lowest BCUT2D eigenvalue weighted by atomic mass is 10.1. The Bertz CT molecular complexity index is 1130. The first kappa shape index (κ1) is 17.4. The summed E-state index contributed by atoms with van der Waals surface area (Å²) in [6.45, 7) is 2.55. The van der Waals surface area contributed by atoms with Crippen molar-refractivity contribution in [2.75, 3.05) is 5.32 Å². The molecule has 0 radical (unpaired) electrons. The zero-order chi connectivity index (χ0) is 18.8. The number of hydrogen-bond acceptors (Lipinski definition) is 4. The largest absolute Gasteiger partial charge is 0.378 e. The molecular weight excluding hydrogens is 361 g/mol. The number of rotatable bonds is 5. The number of thiophene rings is 1. The van der Waals surface area contributed by atoms with Gasteiger partial charge in [0.2, 0.25) is 0 Å². The van der Waals surface area contributed by atoms with E-state index in [1.807, 2.05) is 17.5 Å². The molecule has 0 fully saturated rings. The Balaban J connectivity index is 1.60. The topological polar surface area (TPSA) is 57.8 Å². The Morgan fingerprint density at radius 3 is 2.56 bits per heavy atom. The second-order valence-electron chi connectivity index (χ2n) is 6.25. The lowest BCUT2D eigenvalue weighted by Crippen LogP contribution is -2.14. The first-order valence-electron chi connectivity index (χ1n) is 8.73. The SMILES string of the molecule is CCc1ccc(NCc2nc3scc(-c4ccc(F)cc4)c3c(=O)[nH]2)cc1. The molecule has 0 saturated carbocycles. The molecule has 0 unspecified atom stereocenters. The highest BCUT2D eigenvalue weighted by Gasteiger charge is 2.13. The maximum atomic E-state index is 13.2. The summed E-state index contributed by atoms with van der Waals surface area (Å²) in [6, 6.07) is 14.3. The minimum atomic E-state index is -0.300. The van der Waals surface area contributed by atoms with E-state index in [-0.39, 0.29) is 11.4 Å². The number of aryl methyl sites for hydroxylation is 1. The Morgan fingerprint density at radius 2 is 1.85 bits per heavy atom. The van der Waals surface area contributed by atoms with Gasteiger partial charge in [-0.2, -0.15) is 0 Å². The summed E-state index contributed by atoms with van der Waals surface area (Å²) < 4.78 is 13.2. The molecule has 0 aliphatic carbocycles. The monoisotopic (exact) mass is 379 g/mol. The van der Waals surface area contributed by atoms with Crippen molar-refractivity contribution in [3.05, 3.63) is 81.5 Å². The molecule has 0 amide bonds. The van der Waals surface area contributed by atoms with Gasteiger partial charge in [0.25, 0.3) is 5.56 Å². The standard InChI is InChI=1S/C21H18FN3OS/c1-2-13-3-9-16(10-4-13)23-11-18-24-20(26)19-17(12-27-21(19)25-18)14-5-7-15(22)8-6-14/h3-10,12,23H,2,11H2,1H3,(H,24,25,26). The summed E-state index contributed by atoms with van der Waals surface area (Å²) >= 11 is 1.42. The molecule has 6 heteroatoms. The van der Waals surface area contributed by atoms with Gasteiger partial charge in [-0.15, -0.1) is 11.3 Å². The van der Waals surface area contributed by atoms with Crippen LogP contribution in [0.4, 0.5) is 10.1 Å². The van der Waals surface area contributed by atoms with Crippen molar-refractivity contribution in [3.8, 4) is 11.1 Å². The van der Waals surface area contributed by atoms with Gasteiger partial charge in [-0.3, -0.25) is 4.79 Å². The van der Waals surface area contributed by atoms with Crippen molar-refractivity contribution in [3.63, 3.8) is 0 Å². The molecule has 136 valence electrons. The van der Waals surface area contributed by atoms with E-state index in [1.54, 1.807) is 12.1 Å². The van der Waals surface area contributed by atoms with Crippen LogP contribution < -0.4 is 10.9 Å². The Hall–Kier alpha value is -2.99. The third kappa shape index (κ3) is 3.61. The molecule has 0 spiro atoms. The van der Waals surface area contributed by atoms with E-state index in [0.29, 0.717) is 22.6 Å². The quantitative estimate of drug-likeness (QED) is 0.515. The van der Waals surface area contributed by atoms with Crippen LogP contribution >= 0.6 is 11.3 Å². The van der Waals surface area contributed by atoms with Gasteiger partial charge in [0.05, 0.1) is 11.9 Å². The molecule has 0 saturated heterocycles. The van der Waals surface area contributed by atoms with Gasteiger partial charge < -0.3 is 10.3 Å². The molecule has 0 aliphatic heterocycles. The highest BCUT2D eigenvalue weighted by molar-refractivity contribution is 7.17. The van der Waals surface area contributed by atoms with Gasteiger partial charge in [-0.25, -0.2) is 9.37 Å². The number of H-pyrrole nitrogens is 1. The zero-order valence-corrected chi connectivity index (χ0v) is 15.6. The van der Waals surface area contributed by atoms with Gasteiger partial charge in [-0.1, -0.05) is 31.2 Å². The van der Waals surface area contributed by atoms with Crippen LogP contribution in [0.3, 0.4) is 0 Å². The number of benzene rings is 2. The third-order valence-corrected chi connectivity index (χ3v) is 5.34. The molecule has 4 aromatic rings. The summed E-state index contributed by atoms with van der Waals surface area (Å²) in [7, 11) is 0. The molecule has 27 heavy (non-hydrogen) atoms. The maximum absolute atomic E-state index is 13.2. The number of halogens is 1. The Morgan fingerprint density at radius 1 is 1.11 bits per heavy atom. The van der Waals surface area contributed by atoms with Crippen LogP contribution in [0, 0.1) is 5.82 Å². The lowest BCUT2D eigenvalue weighted by molar-refractivity contribution is 0.628. The van der Waals surface area contributed by atoms with Gasteiger partial charge in [-0.05, 0) is 41.8 Å². The highest BCUT2D eigenvalue weighted by atomic mass is 32.1. The normalized spacial score (nSPS) is 11.0. The molecule has 4 nitrogen and oxygen atoms in total. The maximum Gasteiger partial charge on any atom is 0.260 e. The van der Waals surface area contributed by atoms with Gasteiger partial charge in [0, 0.05) is 16.6 Å². The fourth-order valence-corrected chi connectivity index (χ4v) is 3.93. The molecule has 0 atom stereocenters. The van der Waals surface area contributed by atoms with Crippen LogP contribution in [-0.4, -0.2) is 9.97 Å². The summed E-state index contributed by atoms with van der Waals surface area (Å²) in [6.07, 6.45) is 1.00. The molecule has 2 N–H and O–H groups in total. The van der Waals surface area contributed by atoms with Crippen molar-refractivity contribution >= 4 is 27.2 Å². The minimum Gasteiger partial charge on any atom is -0.378 e. The van der Waals surface area contributed by atoms with E-state index >= 15 is 0 Å². The van der Waals surface area contributed by atoms with Crippen molar-refractivity contribution < 1.29 is 4.39 Å². The summed E-state index contributed by atoms with van der Waals surface area (Å²) in [5.74, 6) is 0.283. The fourth-order valence-electron chi connectivity index (χ4n) is 2.96. The molecule has 2 aromatic heterocycles. The predicted octanol–water partition coefficient (Wildman–Crippen LogP) is 4.97. The first-order valence-corrected chi connectivity index (χ1v) is 9.61. The zero-order valence-electron chi connectivity index (χ0n) is 14.8. The van der Waals surface area contributed by atoms with E-state index in [9.17, 15) is 9.18 Å². The number of hydrogen-bond donors (Lipinski definition) is 2. The van der Waals surface area contributed by atoms with E-state index in [2.05, 4.69) is 34.3 Å². The fraction of sp³-hybridized carbons (Fsp3) is 0.143. The van der Waals surface area contributed by atoms with Crippen LogP contribution in [0.15, 0.2) is 58.7 Å². The van der Waals surface area contributed by atoms with Crippen molar-refractivity contribution in [1.82, 2.24) is 9.97 Å². The average molecular weight is 379 g/mol. The van der Waals surface area contributed by atoms with Gasteiger partial charge in [0.15, 0.2) is 0 Å². The summed E-state index contributed by atoms with van der Waals surface area (Å²) in [5.41, 5.74) is 3.66. The van der Waals surface area contributed by atoms with E-state index in [4.69, 9.17) is 0 Å². The van der Waals surface area contributed by atoms with E-state index < -0.39 is 0 Å². The van der Waals surface area contributed by atoms with Crippen LogP contribution in [0.2, 0.25) is 0 Å². The predicted molar refractivity (Wildman–Crippen MR) is 109 cm³/mol. The Kier molecular flexibility index (Phi) is 4.73. The highest BCUT2D eigenvalue weighted by Crippen LogP contribution is 2.30. The van der Waals surface area contributed by atoms with E-state index in [0.717, 1.165) is 23.2 Å². The first-order chi connectivity index (χ1) is 13.1. The molecule has 0 aliphatic rings. The van der Waals surface area contributed by atoms with Crippen LogP contribution in [0.5, 0.6) is 0 Å². The summed E-state index contributed by atoms with van der Waals surface area (Å²) in [5, 5.41) is 5.71.